The second kappa shape index (κ2) is 10.5. The van der Waals surface area contributed by atoms with E-state index in [9.17, 15) is 4.79 Å². The topological polar surface area (TPSA) is 47.6 Å². The van der Waals surface area contributed by atoms with Gasteiger partial charge < -0.3 is 14.8 Å². The standard InChI is InChI=1S/C22H29NO3/c1-4-5-14-25-20-10-7-6-9-19(20)23-22(24)11-8-15-26-21-16-17(2)12-13-18(21)3/h6-7,9-10,12-13,16H,4-5,8,11,14-15H2,1-3H3,(H,23,24). The highest BCUT2D eigenvalue weighted by atomic mass is 16.5. The molecule has 4 nitrogen and oxygen atoms in total. The molecule has 0 atom stereocenters. The van der Waals surface area contributed by atoms with E-state index in [0.29, 0.717) is 26.1 Å². The van der Waals surface area contributed by atoms with Gasteiger partial charge in [-0.2, -0.15) is 0 Å². The lowest BCUT2D eigenvalue weighted by Crippen LogP contribution is -2.14. The summed E-state index contributed by atoms with van der Waals surface area (Å²) in [5, 5.41) is 2.94. The first-order valence-corrected chi connectivity index (χ1v) is 9.32. The van der Waals surface area contributed by atoms with Gasteiger partial charge in [-0.3, -0.25) is 4.79 Å². The van der Waals surface area contributed by atoms with Crippen molar-refractivity contribution < 1.29 is 14.3 Å². The third kappa shape index (κ3) is 6.43. The number of aryl methyl sites for hydroxylation is 2. The first-order chi connectivity index (χ1) is 12.6. The molecule has 0 radical (unpaired) electrons. The van der Waals surface area contributed by atoms with Gasteiger partial charge in [0, 0.05) is 6.42 Å². The van der Waals surface area contributed by atoms with Gasteiger partial charge in [-0.1, -0.05) is 37.6 Å². The normalized spacial score (nSPS) is 10.4. The number of ether oxygens (including phenoxy) is 2. The van der Waals surface area contributed by atoms with Crippen LogP contribution in [0.25, 0.3) is 0 Å². The Kier molecular flexibility index (Phi) is 8.00. The van der Waals surface area contributed by atoms with Crippen molar-refractivity contribution in [2.24, 2.45) is 0 Å². The van der Waals surface area contributed by atoms with E-state index in [4.69, 9.17) is 9.47 Å². The molecule has 0 heterocycles. The molecule has 0 bridgehead atoms. The average molecular weight is 355 g/mol. The number of hydrogen-bond acceptors (Lipinski definition) is 3. The van der Waals surface area contributed by atoms with Crippen LogP contribution in [0.2, 0.25) is 0 Å². The zero-order chi connectivity index (χ0) is 18.8. The van der Waals surface area contributed by atoms with Gasteiger partial charge in [0.15, 0.2) is 0 Å². The minimum Gasteiger partial charge on any atom is -0.493 e. The predicted molar refractivity (Wildman–Crippen MR) is 106 cm³/mol. The second-order valence-electron chi connectivity index (χ2n) is 6.47. The number of unbranched alkanes of at least 4 members (excludes halogenated alkanes) is 1. The van der Waals surface area contributed by atoms with Crippen molar-refractivity contribution in [2.75, 3.05) is 18.5 Å². The number of anilines is 1. The third-order valence-electron chi connectivity index (χ3n) is 4.07. The number of carbonyl (C=O) groups is 1. The summed E-state index contributed by atoms with van der Waals surface area (Å²) < 4.78 is 11.5. The molecule has 26 heavy (non-hydrogen) atoms. The highest BCUT2D eigenvalue weighted by Gasteiger charge is 2.08. The Morgan fingerprint density at radius 1 is 0.962 bits per heavy atom. The second-order valence-corrected chi connectivity index (χ2v) is 6.47. The van der Waals surface area contributed by atoms with E-state index in [2.05, 4.69) is 18.3 Å². The van der Waals surface area contributed by atoms with Crippen LogP contribution in [-0.4, -0.2) is 19.1 Å². The molecule has 0 aliphatic carbocycles. The molecule has 0 unspecified atom stereocenters. The Morgan fingerprint density at radius 3 is 2.50 bits per heavy atom. The van der Waals surface area contributed by atoms with Gasteiger partial charge in [-0.15, -0.1) is 0 Å². The summed E-state index contributed by atoms with van der Waals surface area (Å²) in [4.78, 5) is 12.2. The Morgan fingerprint density at radius 2 is 1.69 bits per heavy atom. The molecule has 140 valence electrons. The van der Waals surface area contributed by atoms with Crippen molar-refractivity contribution in [3.63, 3.8) is 0 Å². The zero-order valence-electron chi connectivity index (χ0n) is 16.0. The van der Waals surface area contributed by atoms with Gasteiger partial charge in [0.25, 0.3) is 0 Å². The van der Waals surface area contributed by atoms with Crippen LogP contribution in [-0.2, 0) is 4.79 Å². The van der Waals surface area contributed by atoms with Crippen molar-refractivity contribution in [1.29, 1.82) is 0 Å². The number of hydrogen-bond donors (Lipinski definition) is 1. The first-order valence-electron chi connectivity index (χ1n) is 9.32. The molecular formula is C22H29NO3. The van der Waals surface area contributed by atoms with E-state index in [1.807, 2.05) is 50.2 Å². The monoisotopic (exact) mass is 355 g/mol. The molecular weight excluding hydrogens is 326 g/mol. The maximum atomic E-state index is 12.2. The van der Waals surface area contributed by atoms with Crippen molar-refractivity contribution in [3.05, 3.63) is 53.6 Å². The lowest BCUT2D eigenvalue weighted by molar-refractivity contribution is -0.116. The maximum absolute atomic E-state index is 12.2. The van der Waals surface area contributed by atoms with E-state index < -0.39 is 0 Å². The zero-order valence-corrected chi connectivity index (χ0v) is 16.0. The van der Waals surface area contributed by atoms with E-state index in [-0.39, 0.29) is 5.91 Å². The quantitative estimate of drug-likeness (QED) is 0.590. The van der Waals surface area contributed by atoms with Gasteiger partial charge in [-0.05, 0) is 56.0 Å². The number of rotatable bonds is 10. The molecule has 2 aromatic rings. The maximum Gasteiger partial charge on any atom is 0.224 e. The lowest BCUT2D eigenvalue weighted by atomic mass is 10.1. The van der Waals surface area contributed by atoms with Gasteiger partial charge in [0.1, 0.15) is 11.5 Å². The molecule has 0 aliphatic heterocycles. The fraction of sp³-hybridized carbons (Fsp3) is 0.409. The number of carbonyl (C=O) groups excluding carboxylic acids is 1. The average Bonchev–Trinajstić information content (AvgIpc) is 2.63. The molecule has 0 aliphatic rings. The number of benzene rings is 2. The fourth-order valence-electron chi connectivity index (χ4n) is 2.51. The van der Waals surface area contributed by atoms with E-state index in [0.717, 1.165) is 35.6 Å². The summed E-state index contributed by atoms with van der Waals surface area (Å²) >= 11 is 0. The highest BCUT2D eigenvalue weighted by molar-refractivity contribution is 5.92. The summed E-state index contributed by atoms with van der Waals surface area (Å²) in [7, 11) is 0. The number of nitrogens with one attached hydrogen (secondary N) is 1. The minimum absolute atomic E-state index is 0.0268. The van der Waals surface area contributed by atoms with Gasteiger partial charge in [-0.25, -0.2) is 0 Å². The molecule has 0 saturated carbocycles. The summed E-state index contributed by atoms with van der Waals surface area (Å²) in [6.07, 6.45) is 3.15. The Bertz CT molecular complexity index is 712. The summed E-state index contributed by atoms with van der Waals surface area (Å²) in [5.41, 5.74) is 3.00. The van der Waals surface area contributed by atoms with Crippen LogP contribution in [0.4, 0.5) is 5.69 Å². The molecule has 0 aromatic heterocycles. The molecule has 0 saturated heterocycles. The molecule has 2 aromatic carbocycles. The molecule has 2 rings (SSSR count). The lowest BCUT2D eigenvalue weighted by Gasteiger charge is -2.13. The Labute approximate surface area is 156 Å². The largest absolute Gasteiger partial charge is 0.493 e. The smallest absolute Gasteiger partial charge is 0.224 e. The van der Waals surface area contributed by atoms with E-state index in [1.165, 1.54) is 5.56 Å². The van der Waals surface area contributed by atoms with Crippen molar-refractivity contribution in [1.82, 2.24) is 0 Å². The van der Waals surface area contributed by atoms with Crippen LogP contribution in [0.3, 0.4) is 0 Å². The highest BCUT2D eigenvalue weighted by Crippen LogP contribution is 2.24. The van der Waals surface area contributed by atoms with Crippen LogP contribution in [0.5, 0.6) is 11.5 Å². The van der Waals surface area contributed by atoms with Crippen molar-refractivity contribution in [3.8, 4) is 11.5 Å². The Balaban J connectivity index is 1.77. The van der Waals surface area contributed by atoms with Crippen LogP contribution in [0.15, 0.2) is 42.5 Å². The van der Waals surface area contributed by atoms with Crippen molar-refractivity contribution in [2.45, 2.75) is 46.5 Å². The molecule has 4 heteroatoms. The summed E-state index contributed by atoms with van der Waals surface area (Å²) in [6.45, 7) is 7.37. The SMILES string of the molecule is CCCCOc1ccccc1NC(=O)CCCOc1cc(C)ccc1C. The molecule has 0 fully saturated rings. The Hall–Kier alpha value is -2.49. The predicted octanol–water partition coefficient (Wildman–Crippen LogP) is 5.28. The molecule has 0 spiro atoms. The van der Waals surface area contributed by atoms with Crippen LogP contribution in [0, 0.1) is 13.8 Å². The molecule has 1 N–H and O–H groups in total. The van der Waals surface area contributed by atoms with Gasteiger partial charge in [0.05, 0.1) is 18.9 Å². The van der Waals surface area contributed by atoms with Crippen LogP contribution in [0.1, 0.15) is 43.7 Å². The van der Waals surface area contributed by atoms with E-state index in [1.54, 1.807) is 0 Å². The summed E-state index contributed by atoms with van der Waals surface area (Å²) in [5.74, 6) is 1.59. The minimum atomic E-state index is -0.0268. The van der Waals surface area contributed by atoms with Gasteiger partial charge >= 0.3 is 0 Å². The van der Waals surface area contributed by atoms with Crippen molar-refractivity contribution >= 4 is 11.6 Å². The first kappa shape index (κ1) is 19.8. The van der Waals surface area contributed by atoms with Crippen LogP contribution >= 0.6 is 0 Å². The summed E-state index contributed by atoms with van der Waals surface area (Å²) in [6, 6.07) is 13.7. The third-order valence-corrected chi connectivity index (χ3v) is 4.07. The number of para-hydroxylation sites is 2. The van der Waals surface area contributed by atoms with Gasteiger partial charge in [0.2, 0.25) is 5.91 Å². The fourth-order valence-corrected chi connectivity index (χ4v) is 2.51. The molecule has 1 amide bonds. The van der Waals surface area contributed by atoms with Crippen LogP contribution < -0.4 is 14.8 Å². The number of amides is 1. The van der Waals surface area contributed by atoms with E-state index >= 15 is 0 Å².